The second kappa shape index (κ2) is 5.51. The molecule has 0 atom stereocenters. The van der Waals surface area contributed by atoms with Gasteiger partial charge in [0.1, 0.15) is 0 Å². The molecule has 0 aliphatic rings. The molecule has 21 heavy (non-hydrogen) atoms. The molecule has 102 valence electrons. The lowest BCUT2D eigenvalue weighted by Gasteiger charge is -2.06. The zero-order valence-corrected chi connectivity index (χ0v) is 11.3. The topological polar surface area (TPSA) is 68.7 Å². The fourth-order valence-electron chi connectivity index (χ4n) is 2.26. The molecule has 0 fully saturated rings. The van der Waals surface area contributed by atoms with Crippen molar-refractivity contribution >= 4 is 16.8 Å². The van der Waals surface area contributed by atoms with E-state index in [0.29, 0.717) is 17.7 Å². The second-order valence-electron chi connectivity index (χ2n) is 4.74. The van der Waals surface area contributed by atoms with E-state index >= 15 is 0 Å². The molecule has 4 heteroatoms. The van der Waals surface area contributed by atoms with Gasteiger partial charge in [0.25, 0.3) is 5.91 Å². The number of hydrogen-bond donors (Lipinski definition) is 2. The molecule has 1 aromatic heterocycles. The average molecular weight is 275 g/mol. The minimum absolute atomic E-state index is 0.107. The molecule has 0 saturated carbocycles. The number of benzene rings is 2. The number of amides is 1. The summed E-state index contributed by atoms with van der Waals surface area (Å²) in [5.41, 5.74) is 3.18. The van der Waals surface area contributed by atoms with Gasteiger partial charge in [-0.3, -0.25) is 4.79 Å². The molecule has 3 aromatic rings. The summed E-state index contributed by atoms with van der Waals surface area (Å²) in [7, 11) is 0. The maximum absolute atomic E-state index is 12.3. The first-order chi connectivity index (χ1) is 10.3. The molecule has 0 aliphatic heterocycles. The predicted molar refractivity (Wildman–Crippen MR) is 80.6 cm³/mol. The zero-order valence-electron chi connectivity index (χ0n) is 11.3. The van der Waals surface area contributed by atoms with E-state index < -0.39 is 0 Å². The van der Waals surface area contributed by atoms with Gasteiger partial charge in [-0.25, -0.2) is 0 Å². The van der Waals surface area contributed by atoms with Crippen LogP contribution in [0.3, 0.4) is 0 Å². The van der Waals surface area contributed by atoms with Crippen LogP contribution < -0.4 is 5.32 Å². The zero-order chi connectivity index (χ0) is 14.7. The predicted octanol–water partition coefficient (Wildman–Crippen LogP) is 2.97. The van der Waals surface area contributed by atoms with E-state index in [-0.39, 0.29) is 5.91 Å². The van der Waals surface area contributed by atoms with Crippen LogP contribution in [0.15, 0.2) is 54.7 Å². The van der Waals surface area contributed by atoms with Crippen LogP contribution in [0, 0.1) is 11.3 Å². The molecule has 0 spiro atoms. The third kappa shape index (κ3) is 2.63. The highest BCUT2D eigenvalue weighted by molar-refractivity contribution is 6.06. The Morgan fingerprint density at radius 3 is 2.71 bits per heavy atom. The summed E-state index contributed by atoms with van der Waals surface area (Å²) in [6.07, 6.45) is 1.82. The summed E-state index contributed by atoms with van der Waals surface area (Å²) in [6.45, 7) is 0.436. The van der Waals surface area contributed by atoms with E-state index in [9.17, 15) is 4.79 Å². The number of aromatic amines is 1. The Kier molecular flexibility index (Phi) is 3.40. The van der Waals surface area contributed by atoms with Gasteiger partial charge in [0, 0.05) is 29.2 Å². The first kappa shape index (κ1) is 12.9. The van der Waals surface area contributed by atoms with Gasteiger partial charge in [0.15, 0.2) is 0 Å². The monoisotopic (exact) mass is 275 g/mol. The Morgan fingerprint density at radius 1 is 1.14 bits per heavy atom. The molecule has 1 heterocycles. The van der Waals surface area contributed by atoms with E-state index in [1.54, 1.807) is 12.1 Å². The van der Waals surface area contributed by atoms with Crippen molar-refractivity contribution in [3.63, 3.8) is 0 Å². The van der Waals surface area contributed by atoms with Crippen LogP contribution in [0.25, 0.3) is 10.9 Å². The molecule has 0 unspecified atom stereocenters. The number of hydrogen-bond acceptors (Lipinski definition) is 2. The van der Waals surface area contributed by atoms with Crippen molar-refractivity contribution in [3.8, 4) is 6.07 Å². The minimum atomic E-state index is -0.107. The summed E-state index contributed by atoms with van der Waals surface area (Å²) in [5, 5.41) is 12.6. The second-order valence-corrected chi connectivity index (χ2v) is 4.74. The average Bonchev–Trinajstić information content (AvgIpc) is 3.01. The van der Waals surface area contributed by atoms with Gasteiger partial charge in [0.2, 0.25) is 0 Å². The van der Waals surface area contributed by atoms with Crippen molar-refractivity contribution in [1.82, 2.24) is 10.3 Å². The summed E-state index contributed by atoms with van der Waals surface area (Å²) in [5.74, 6) is -0.107. The number of nitrogens with zero attached hydrogens (tertiary/aromatic N) is 1. The number of aromatic nitrogens is 1. The molecular weight excluding hydrogens is 262 g/mol. The smallest absolute Gasteiger partial charge is 0.252 e. The maximum Gasteiger partial charge on any atom is 0.252 e. The van der Waals surface area contributed by atoms with Crippen LogP contribution in [-0.2, 0) is 6.54 Å². The lowest BCUT2D eigenvalue weighted by molar-refractivity contribution is 0.0952. The molecule has 0 radical (unpaired) electrons. The Labute approximate surface area is 122 Å². The van der Waals surface area contributed by atoms with Crippen LogP contribution in [0.2, 0.25) is 0 Å². The number of carbonyl (C=O) groups excluding carboxylic acids is 1. The summed E-state index contributed by atoms with van der Waals surface area (Å²) >= 11 is 0. The maximum atomic E-state index is 12.3. The molecule has 1 amide bonds. The number of nitriles is 1. The van der Waals surface area contributed by atoms with Gasteiger partial charge < -0.3 is 10.3 Å². The summed E-state index contributed by atoms with van der Waals surface area (Å²) in [4.78, 5) is 15.4. The molecule has 3 rings (SSSR count). The van der Waals surface area contributed by atoms with Crippen molar-refractivity contribution in [2.24, 2.45) is 0 Å². The first-order valence-electron chi connectivity index (χ1n) is 6.61. The van der Waals surface area contributed by atoms with Crippen molar-refractivity contribution < 1.29 is 4.79 Å². The molecule has 0 aliphatic carbocycles. The largest absolute Gasteiger partial charge is 0.361 e. The Hall–Kier alpha value is -3.06. The third-order valence-corrected chi connectivity index (χ3v) is 3.38. The van der Waals surface area contributed by atoms with Crippen molar-refractivity contribution in [2.75, 3.05) is 0 Å². The first-order valence-corrected chi connectivity index (χ1v) is 6.61. The summed E-state index contributed by atoms with van der Waals surface area (Å²) in [6, 6.07) is 16.7. The van der Waals surface area contributed by atoms with Gasteiger partial charge >= 0.3 is 0 Å². The van der Waals surface area contributed by atoms with Crippen LogP contribution in [0.5, 0.6) is 0 Å². The fourth-order valence-corrected chi connectivity index (χ4v) is 2.26. The van der Waals surface area contributed by atoms with E-state index in [4.69, 9.17) is 5.26 Å². The van der Waals surface area contributed by atoms with Crippen LogP contribution in [0.4, 0.5) is 0 Å². The van der Waals surface area contributed by atoms with E-state index in [1.807, 2.05) is 42.6 Å². The highest BCUT2D eigenvalue weighted by Crippen LogP contribution is 2.17. The standard InChI is InChI=1S/C17H13N3O/c18-10-12-4-6-13(7-5-12)11-20-17(21)15-2-1-3-16-14(15)8-9-19-16/h1-9,19H,11H2,(H,20,21). The number of carbonyl (C=O) groups is 1. The summed E-state index contributed by atoms with van der Waals surface area (Å²) < 4.78 is 0. The van der Waals surface area contributed by atoms with Crippen LogP contribution in [-0.4, -0.2) is 10.9 Å². The molecule has 0 saturated heterocycles. The van der Waals surface area contributed by atoms with Gasteiger partial charge in [0.05, 0.1) is 11.6 Å². The lowest BCUT2D eigenvalue weighted by atomic mass is 10.1. The third-order valence-electron chi connectivity index (χ3n) is 3.38. The number of nitrogens with one attached hydrogen (secondary N) is 2. The molecule has 4 nitrogen and oxygen atoms in total. The van der Waals surface area contributed by atoms with Gasteiger partial charge in [-0.2, -0.15) is 5.26 Å². The quantitative estimate of drug-likeness (QED) is 0.771. The molecule has 2 N–H and O–H groups in total. The minimum Gasteiger partial charge on any atom is -0.361 e. The van der Waals surface area contributed by atoms with Crippen molar-refractivity contribution in [2.45, 2.75) is 6.54 Å². The Balaban J connectivity index is 1.74. The highest BCUT2D eigenvalue weighted by atomic mass is 16.1. The van der Waals surface area contributed by atoms with E-state index in [2.05, 4.69) is 16.4 Å². The van der Waals surface area contributed by atoms with Crippen LogP contribution in [0.1, 0.15) is 21.5 Å². The number of H-pyrrole nitrogens is 1. The van der Waals surface area contributed by atoms with E-state index in [0.717, 1.165) is 16.5 Å². The van der Waals surface area contributed by atoms with Crippen LogP contribution >= 0.6 is 0 Å². The van der Waals surface area contributed by atoms with Gasteiger partial charge in [-0.15, -0.1) is 0 Å². The molecular formula is C17H13N3O. The van der Waals surface area contributed by atoms with Crippen molar-refractivity contribution in [3.05, 3.63) is 71.4 Å². The fraction of sp³-hybridized carbons (Fsp3) is 0.0588. The van der Waals surface area contributed by atoms with Crippen molar-refractivity contribution in [1.29, 1.82) is 5.26 Å². The molecule has 2 aromatic carbocycles. The Bertz CT molecular complexity index is 825. The number of fused-ring (bicyclic) bond motifs is 1. The number of rotatable bonds is 3. The highest BCUT2D eigenvalue weighted by Gasteiger charge is 2.09. The van der Waals surface area contributed by atoms with E-state index in [1.165, 1.54) is 0 Å². The lowest BCUT2D eigenvalue weighted by Crippen LogP contribution is -2.22. The molecule has 0 bridgehead atoms. The van der Waals surface area contributed by atoms with Gasteiger partial charge in [-0.1, -0.05) is 18.2 Å². The normalized spacial score (nSPS) is 10.2. The Morgan fingerprint density at radius 2 is 1.95 bits per heavy atom. The SMILES string of the molecule is N#Cc1ccc(CNC(=O)c2cccc3[nH]ccc23)cc1. The van der Waals surface area contributed by atoms with Gasteiger partial charge in [-0.05, 0) is 35.9 Å².